The summed E-state index contributed by atoms with van der Waals surface area (Å²) in [4.78, 5) is 34.4. The number of carbonyl (C=O) groups is 1. The van der Waals surface area contributed by atoms with Gasteiger partial charge in [-0.05, 0) is 43.5 Å². The third-order valence-electron chi connectivity index (χ3n) is 5.79. The van der Waals surface area contributed by atoms with E-state index in [2.05, 4.69) is 5.32 Å². The number of piperidine rings is 1. The Kier molecular flexibility index (Phi) is 6.43. The van der Waals surface area contributed by atoms with Crippen LogP contribution in [-0.4, -0.2) is 36.6 Å². The smallest absolute Gasteiger partial charge is 0.336 e. The van der Waals surface area contributed by atoms with Gasteiger partial charge in [0.25, 0.3) is 5.69 Å². The minimum atomic E-state index is -4.07. The Labute approximate surface area is 199 Å². The summed E-state index contributed by atoms with van der Waals surface area (Å²) in [5.74, 6) is -0.716. The van der Waals surface area contributed by atoms with E-state index in [1.165, 1.54) is 16.4 Å². The number of aryl methyl sites for hydroxylation is 1. The number of nitrogens with zero attached hydrogens (tertiary/aromatic N) is 2. The molecular formula is C22H20ClN3O7S. The molecule has 10 nitrogen and oxygen atoms in total. The highest BCUT2D eigenvalue weighted by molar-refractivity contribution is 7.89. The average molecular weight is 506 g/mol. The lowest BCUT2D eigenvalue weighted by atomic mass is 9.97. The van der Waals surface area contributed by atoms with E-state index in [0.717, 1.165) is 23.1 Å². The van der Waals surface area contributed by atoms with Gasteiger partial charge < -0.3 is 9.73 Å². The molecule has 0 saturated carbocycles. The number of non-ortho nitro benzene ring substituents is 1. The zero-order valence-electron chi connectivity index (χ0n) is 18.0. The number of rotatable bonds is 5. The van der Waals surface area contributed by atoms with Crippen LogP contribution in [0.2, 0.25) is 5.02 Å². The van der Waals surface area contributed by atoms with Crippen molar-refractivity contribution < 1.29 is 22.6 Å². The van der Waals surface area contributed by atoms with Crippen LogP contribution in [-0.2, 0) is 14.8 Å². The van der Waals surface area contributed by atoms with E-state index in [1.807, 2.05) is 0 Å². The standard InChI is InChI=1S/C22H20ClN3O7S/c1-13-10-21(27)33-19-11-15(2-4-17(13)19)24-22(28)14-6-8-25(9-7-14)34(31,32)20-12-16(26(29)30)3-5-18(20)23/h2-5,10-12,14H,6-9H2,1H3,(H,24,28). The number of nitro benzene ring substituents is 1. The molecule has 0 radical (unpaired) electrons. The second-order valence-corrected chi connectivity index (χ2v) is 10.3. The number of halogens is 1. The molecule has 3 aromatic rings. The fourth-order valence-electron chi connectivity index (χ4n) is 3.95. The Hall–Kier alpha value is -3.28. The van der Waals surface area contributed by atoms with Crippen molar-refractivity contribution in [2.45, 2.75) is 24.7 Å². The van der Waals surface area contributed by atoms with E-state index in [1.54, 1.807) is 25.1 Å². The Balaban J connectivity index is 1.45. The number of nitro groups is 1. The van der Waals surface area contributed by atoms with Crippen LogP contribution in [0.5, 0.6) is 0 Å². The number of nitrogens with one attached hydrogen (secondary N) is 1. The number of carbonyl (C=O) groups excluding carboxylic acids is 1. The van der Waals surface area contributed by atoms with Crippen LogP contribution in [0, 0.1) is 23.0 Å². The number of sulfonamides is 1. The molecule has 1 amide bonds. The number of benzene rings is 2. The molecule has 4 rings (SSSR count). The highest BCUT2D eigenvalue weighted by Crippen LogP contribution is 2.31. The van der Waals surface area contributed by atoms with E-state index in [0.29, 0.717) is 11.3 Å². The number of amides is 1. The topological polar surface area (TPSA) is 140 Å². The lowest BCUT2D eigenvalue weighted by molar-refractivity contribution is -0.385. The zero-order chi connectivity index (χ0) is 24.6. The van der Waals surface area contributed by atoms with Crippen LogP contribution in [0.15, 0.2) is 56.6 Å². The van der Waals surface area contributed by atoms with Gasteiger partial charge in [0.05, 0.1) is 9.95 Å². The van der Waals surface area contributed by atoms with Crippen molar-refractivity contribution >= 4 is 49.9 Å². The Bertz CT molecular complexity index is 1460. The SMILES string of the molecule is Cc1cc(=O)oc2cc(NC(=O)C3CCN(S(=O)(=O)c4cc([N+](=O)[O-])ccc4Cl)CC3)ccc12. The van der Waals surface area contributed by atoms with Crippen molar-refractivity contribution in [1.82, 2.24) is 4.31 Å². The van der Waals surface area contributed by atoms with Gasteiger partial charge in [0, 0.05) is 54.3 Å². The summed E-state index contributed by atoms with van der Waals surface area (Å²) >= 11 is 6.02. The molecule has 0 spiro atoms. The van der Waals surface area contributed by atoms with Gasteiger partial charge in [0.15, 0.2) is 0 Å². The van der Waals surface area contributed by atoms with Gasteiger partial charge in [-0.1, -0.05) is 11.6 Å². The highest BCUT2D eigenvalue weighted by Gasteiger charge is 2.34. The fourth-order valence-corrected chi connectivity index (χ4v) is 5.91. The molecule has 1 aliphatic heterocycles. The first-order valence-corrected chi connectivity index (χ1v) is 12.2. The van der Waals surface area contributed by atoms with E-state index in [4.69, 9.17) is 16.0 Å². The lowest BCUT2D eigenvalue weighted by Crippen LogP contribution is -2.41. The number of fused-ring (bicyclic) bond motifs is 1. The summed E-state index contributed by atoms with van der Waals surface area (Å²) in [5, 5.41) is 14.5. The molecule has 1 fully saturated rings. The number of hydrogen-bond donors (Lipinski definition) is 1. The maximum absolute atomic E-state index is 13.0. The fraction of sp³-hybridized carbons (Fsp3) is 0.273. The summed E-state index contributed by atoms with van der Waals surface area (Å²) in [6.07, 6.45) is 0.527. The predicted octanol–water partition coefficient (Wildman–Crippen LogP) is 3.70. The first-order valence-electron chi connectivity index (χ1n) is 10.4. The quantitative estimate of drug-likeness (QED) is 0.316. The Morgan fingerprint density at radius 2 is 1.88 bits per heavy atom. The first-order chi connectivity index (χ1) is 16.1. The second-order valence-electron chi connectivity index (χ2n) is 8.00. The normalized spacial score (nSPS) is 15.4. The average Bonchev–Trinajstić information content (AvgIpc) is 2.78. The lowest BCUT2D eigenvalue weighted by Gasteiger charge is -2.30. The Morgan fingerprint density at radius 3 is 2.56 bits per heavy atom. The molecule has 1 aliphatic rings. The summed E-state index contributed by atoms with van der Waals surface area (Å²) in [6, 6.07) is 9.68. The minimum absolute atomic E-state index is 0.0607. The van der Waals surface area contributed by atoms with Crippen molar-refractivity contribution in [3.63, 3.8) is 0 Å². The van der Waals surface area contributed by atoms with Crippen LogP contribution < -0.4 is 10.9 Å². The molecule has 0 unspecified atom stereocenters. The van der Waals surface area contributed by atoms with Crippen molar-refractivity contribution in [1.29, 1.82) is 0 Å². The molecule has 2 heterocycles. The molecule has 0 bridgehead atoms. The summed E-state index contributed by atoms with van der Waals surface area (Å²) in [6.45, 7) is 1.91. The number of hydrogen-bond acceptors (Lipinski definition) is 7. The van der Waals surface area contributed by atoms with Crippen molar-refractivity contribution in [3.05, 3.63) is 73.6 Å². The molecule has 2 aromatic carbocycles. The number of anilines is 1. The van der Waals surface area contributed by atoms with Crippen LogP contribution >= 0.6 is 11.6 Å². The zero-order valence-corrected chi connectivity index (χ0v) is 19.6. The largest absolute Gasteiger partial charge is 0.423 e. The van der Waals surface area contributed by atoms with Crippen LogP contribution in [0.25, 0.3) is 11.0 Å². The molecule has 1 saturated heterocycles. The van der Waals surface area contributed by atoms with Gasteiger partial charge in [0.2, 0.25) is 15.9 Å². The Morgan fingerprint density at radius 1 is 1.18 bits per heavy atom. The van der Waals surface area contributed by atoms with Gasteiger partial charge in [-0.3, -0.25) is 14.9 Å². The van der Waals surface area contributed by atoms with E-state index >= 15 is 0 Å². The third kappa shape index (κ3) is 4.67. The molecule has 178 valence electrons. The third-order valence-corrected chi connectivity index (χ3v) is 8.17. The molecule has 0 atom stereocenters. The van der Waals surface area contributed by atoms with Crippen molar-refractivity contribution in [2.24, 2.45) is 5.92 Å². The van der Waals surface area contributed by atoms with Gasteiger partial charge in [-0.15, -0.1) is 0 Å². The maximum Gasteiger partial charge on any atom is 0.336 e. The van der Waals surface area contributed by atoms with Gasteiger partial charge in [-0.2, -0.15) is 4.31 Å². The van der Waals surface area contributed by atoms with E-state index in [-0.39, 0.29) is 47.4 Å². The van der Waals surface area contributed by atoms with Gasteiger partial charge in [0.1, 0.15) is 10.5 Å². The molecule has 12 heteroatoms. The summed E-state index contributed by atoms with van der Waals surface area (Å²) < 4.78 is 32.4. The molecule has 34 heavy (non-hydrogen) atoms. The highest BCUT2D eigenvalue weighted by atomic mass is 35.5. The first kappa shape index (κ1) is 23.9. The van der Waals surface area contributed by atoms with Gasteiger partial charge >= 0.3 is 5.63 Å². The van der Waals surface area contributed by atoms with Crippen LogP contribution in [0.1, 0.15) is 18.4 Å². The maximum atomic E-state index is 13.0. The van der Waals surface area contributed by atoms with Crippen LogP contribution in [0.4, 0.5) is 11.4 Å². The predicted molar refractivity (Wildman–Crippen MR) is 125 cm³/mol. The summed E-state index contributed by atoms with van der Waals surface area (Å²) in [5.41, 5.74) is 0.730. The van der Waals surface area contributed by atoms with E-state index in [9.17, 15) is 28.1 Å². The second kappa shape index (κ2) is 9.16. The molecular weight excluding hydrogens is 486 g/mol. The van der Waals surface area contributed by atoms with Crippen molar-refractivity contribution in [2.75, 3.05) is 18.4 Å². The molecule has 0 aliphatic carbocycles. The summed E-state index contributed by atoms with van der Waals surface area (Å²) in [7, 11) is -4.07. The monoisotopic (exact) mass is 505 g/mol. The minimum Gasteiger partial charge on any atom is -0.423 e. The van der Waals surface area contributed by atoms with E-state index < -0.39 is 26.5 Å². The van der Waals surface area contributed by atoms with Crippen molar-refractivity contribution in [3.8, 4) is 0 Å². The van der Waals surface area contributed by atoms with Gasteiger partial charge in [-0.25, -0.2) is 13.2 Å². The molecule has 1 N–H and O–H groups in total. The van der Waals surface area contributed by atoms with Crippen LogP contribution in [0.3, 0.4) is 0 Å². The molecule has 1 aromatic heterocycles.